The van der Waals surface area contributed by atoms with E-state index in [1.54, 1.807) is 0 Å². The zero-order valence-electron chi connectivity index (χ0n) is 10.2. The van der Waals surface area contributed by atoms with Crippen LogP contribution in [0.15, 0.2) is 4.99 Å². The Morgan fingerprint density at radius 2 is 2.00 bits per heavy atom. The largest absolute Gasteiger partial charge is 0.370 e. The molecule has 16 heavy (non-hydrogen) atoms. The summed E-state index contributed by atoms with van der Waals surface area (Å²) in [4.78, 5) is 15.1. The van der Waals surface area contributed by atoms with Gasteiger partial charge in [0.25, 0.3) is 0 Å². The van der Waals surface area contributed by atoms with Crippen LogP contribution in [0.1, 0.15) is 27.2 Å². The van der Waals surface area contributed by atoms with Crippen molar-refractivity contribution in [2.45, 2.75) is 27.2 Å². The molecular weight excluding hydrogens is 319 g/mol. The monoisotopic (exact) mass is 342 g/mol. The predicted molar refractivity (Wildman–Crippen MR) is 78.0 cm³/mol. The Morgan fingerprint density at radius 1 is 1.38 bits per heavy atom. The Bertz CT molecular complexity index is 219. The molecule has 0 atom stereocenters. The van der Waals surface area contributed by atoms with Crippen molar-refractivity contribution in [3.05, 3.63) is 0 Å². The highest BCUT2D eigenvalue weighted by atomic mass is 127. The first-order chi connectivity index (χ1) is 7.06. The third-order valence-electron chi connectivity index (χ3n) is 1.66. The van der Waals surface area contributed by atoms with Gasteiger partial charge < -0.3 is 16.4 Å². The summed E-state index contributed by atoms with van der Waals surface area (Å²) >= 11 is 0. The van der Waals surface area contributed by atoms with E-state index in [-0.39, 0.29) is 36.4 Å². The smallest absolute Gasteiger partial charge is 0.241 e. The second-order valence-corrected chi connectivity index (χ2v) is 3.83. The molecule has 0 aromatic heterocycles. The Morgan fingerprint density at radius 3 is 2.50 bits per heavy atom. The molecule has 0 heterocycles. The summed E-state index contributed by atoms with van der Waals surface area (Å²) in [5.74, 6) is 0.745. The maximum absolute atomic E-state index is 11.1. The van der Waals surface area contributed by atoms with Crippen LogP contribution in [0.3, 0.4) is 0 Å². The first kappa shape index (κ1) is 17.9. The Balaban J connectivity index is 0. The minimum absolute atomic E-state index is 0. The van der Waals surface area contributed by atoms with Crippen LogP contribution in [0.25, 0.3) is 0 Å². The van der Waals surface area contributed by atoms with Crippen molar-refractivity contribution in [2.24, 2.45) is 16.6 Å². The van der Waals surface area contributed by atoms with E-state index >= 15 is 0 Å². The molecule has 1 amide bonds. The number of halogens is 1. The summed E-state index contributed by atoms with van der Waals surface area (Å²) < 4.78 is 0. The predicted octanol–water partition coefficient (Wildman–Crippen LogP) is 0.691. The number of nitrogens with one attached hydrogen (secondary N) is 2. The highest BCUT2D eigenvalue weighted by Gasteiger charge is 1.99. The van der Waals surface area contributed by atoms with Crippen molar-refractivity contribution < 1.29 is 4.79 Å². The SMILES string of the molecule is CCCNC(=O)CN=C(N)NCC(C)C.I. The van der Waals surface area contributed by atoms with Crippen LogP contribution in [0, 0.1) is 5.92 Å². The van der Waals surface area contributed by atoms with Gasteiger partial charge in [-0.3, -0.25) is 4.79 Å². The average molecular weight is 342 g/mol. The van der Waals surface area contributed by atoms with Crippen LogP contribution < -0.4 is 16.4 Å². The number of nitrogens with two attached hydrogens (primary N) is 1. The van der Waals surface area contributed by atoms with E-state index in [1.807, 2.05) is 6.92 Å². The van der Waals surface area contributed by atoms with Gasteiger partial charge >= 0.3 is 0 Å². The topological polar surface area (TPSA) is 79.5 Å². The highest BCUT2D eigenvalue weighted by molar-refractivity contribution is 14.0. The van der Waals surface area contributed by atoms with Crippen molar-refractivity contribution in [3.63, 3.8) is 0 Å². The van der Waals surface area contributed by atoms with Gasteiger partial charge in [0, 0.05) is 13.1 Å². The van der Waals surface area contributed by atoms with Gasteiger partial charge in [0.1, 0.15) is 6.54 Å². The molecule has 5 nitrogen and oxygen atoms in total. The number of hydrogen-bond acceptors (Lipinski definition) is 2. The number of rotatable bonds is 6. The van der Waals surface area contributed by atoms with Crippen molar-refractivity contribution in [1.29, 1.82) is 0 Å². The Labute approximate surface area is 115 Å². The molecule has 0 rings (SSSR count). The molecule has 0 aromatic carbocycles. The quantitative estimate of drug-likeness (QED) is 0.378. The molecule has 0 radical (unpaired) electrons. The van der Waals surface area contributed by atoms with E-state index in [4.69, 9.17) is 5.73 Å². The lowest BCUT2D eigenvalue weighted by molar-refractivity contribution is -0.119. The summed E-state index contributed by atoms with van der Waals surface area (Å²) in [6.07, 6.45) is 0.927. The van der Waals surface area contributed by atoms with Gasteiger partial charge in [0.05, 0.1) is 0 Å². The first-order valence-electron chi connectivity index (χ1n) is 5.36. The molecule has 0 spiro atoms. The molecule has 0 aromatic rings. The maximum Gasteiger partial charge on any atom is 0.241 e. The molecule has 0 aliphatic rings. The zero-order chi connectivity index (χ0) is 11.7. The van der Waals surface area contributed by atoms with Crippen molar-refractivity contribution >= 4 is 35.8 Å². The van der Waals surface area contributed by atoms with E-state index in [0.717, 1.165) is 13.0 Å². The fraction of sp³-hybridized carbons (Fsp3) is 0.800. The lowest BCUT2D eigenvalue weighted by Gasteiger charge is -2.07. The molecule has 0 unspecified atom stereocenters. The average Bonchev–Trinajstić information content (AvgIpc) is 2.20. The van der Waals surface area contributed by atoms with Gasteiger partial charge in [0.15, 0.2) is 5.96 Å². The molecule has 0 saturated heterocycles. The summed E-state index contributed by atoms with van der Waals surface area (Å²) in [5, 5.41) is 5.66. The second-order valence-electron chi connectivity index (χ2n) is 3.83. The van der Waals surface area contributed by atoms with E-state index < -0.39 is 0 Å². The summed E-state index contributed by atoms with van der Waals surface area (Å²) in [5.41, 5.74) is 5.56. The minimum Gasteiger partial charge on any atom is -0.370 e. The highest BCUT2D eigenvalue weighted by Crippen LogP contribution is 1.86. The molecular formula is C10H23IN4O. The van der Waals surface area contributed by atoms with E-state index in [0.29, 0.717) is 18.4 Å². The number of carbonyl (C=O) groups excluding carboxylic acids is 1. The van der Waals surface area contributed by atoms with Crippen LogP contribution in [-0.2, 0) is 4.79 Å². The fourth-order valence-corrected chi connectivity index (χ4v) is 0.842. The molecule has 0 aliphatic heterocycles. The van der Waals surface area contributed by atoms with Crippen LogP contribution in [0.5, 0.6) is 0 Å². The normalized spacial score (nSPS) is 10.9. The van der Waals surface area contributed by atoms with E-state index in [1.165, 1.54) is 0 Å². The maximum atomic E-state index is 11.1. The van der Waals surface area contributed by atoms with Gasteiger partial charge in [-0.25, -0.2) is 4.99 Å². The molecule has 6 heteroatoms. The van der Waals surface area contributed by atoms with Crippen LogP contribution in [0.4, 0.5) is 0 Å². The Kier molecular flexibility index (Phi) is 12.2. The molecule has 0 aliphatic carbocycles. The Hall–Kier alpha value is -0.530. The molecule has 0 saturated carbocycles. The minimum atomic E-state index is -0.0915. The van der Waals surface area contributed by atoms with Crippen LogP contribution in [0.2, 0.25) is 0 Å². The number of amides is 1. The lowest BCUT2D eigenvalue weighted by Crippen LogP contribution is -2.36. The van der Waals surface area contributed by atoms with E-state index in [9.17, 15) is 4.79 Å². The second kappa shape index (κ2) is 11.0. The number of nitrogens with zero attached hydrogens (tertiary/aromatic N) is 1. The first-order valence-corrected chi connectivity index (χ1v) is 5.36. The summed E-state index contributed by atoms with van der Waals surface area (Å²) in [7, 11) is 0. The lowest BCUT2D eigenvalue weighted by atomic mass is 10.2. The molecule has 96 valence electrons. The van der Waals surface area contributed by atoms with Crippen molar-refractivity contribution in [2.75, 3.05) is 19.6 Å². The van der Waals surface area contributed by atoms with Gasteiger partial charge in [-0.05, 0) is 12.3 Å². The third kappa shape index (κ3) is 11.5. The fourth-order valence-electron chi connectivity index (χ4n) is 0.842. The summed E-state index contributed by atoms with van der Waals surface area (Å²) in [6.45, 7) is 7.71. The van der Waals surface area contributed by atoms with E-state index in [2.05, 4.69) is 29.5 Å². The summed E-state index contributed by atoms with van der Waals surface area (Å²) in [6, 6.07) is 0. The third-order valence-corrected chi connectivity index (χ3v) is 1.66. The molecule has 4 N–H and O–H groups in total. The molecule has 0 fully saturated rings. The number of guanidine groups is 1. The van der Waals surface area contributed by atoms with Crippen molar-refractivity contribution in [3.8, 4) is 0 Å². The zero-order valence-corrected chi connectivity index (χ0v) is 12.6. The molecule has 0 bridgehead atoms. The number of carbonyl (C=O) groups is 1. The number of aliphatic imine (C=N–C) groups is 1. The van der Waals surface area contributed by atoms with Gasteiger partial charge in [-0.2, -0.15) is 0 Å². The van der Waals surface area contributed by atoms with Crippen LogP contribution in [-0.4, -0.2) is 31.5 Å². The van der Waals surface area contributed by atoms with Crippen molar-refractivity contribution in [1.82, 2.24) is 10.6 Å². The number of hydrogen-bond donors (Lipinski definition) is 3. The standard InChI is InChI=1S/C10H22N4O.HI/c1-4-5-12-9(15)7-14-10(11)13-6-8(2)3;/h8H,4-7H2,1-3H3,(H,12,15)(H3,11,13,14);1H. The van der Waals surface area contributed by atoms with Gasteiger partial charge in [-0.15, -0.1) is 24.0 Å². The van der Waals surface area contributed by atoms with Gasteiger partial charge in [0.2, 0.25) is 5.91 Å². The van der Waals surface area contributed by atoms with Crippen LogP contribution >= 0.6 is 24.0 Å². The van der Waals surface area contributed by atoms with Gasteiger partial charge in [-0.1, -0.05) is 20.8 Å².